The van der Waals surface area contributed by atoms with E-state index in [2.05, 4.69) is 33.0 Å². The summed E-state index contributed by atoms with van der Waals surface area (Å²) in [4.78, 5) is 11.7. The van der Waals surface area contributed by atoms with Gasteiger partial charge in [0.25, 0.3) is 0 Å². The lowest BCUT2D eigenvalue weighted by atomic mass is 10.2. The van der Waals surface area contributed by atoms with Crippen LogP contribution in [0.3, 0.4) is 0 Å². The molecule has 1 aromatic carbocycles. The molecule has 2 heterocycles. The number of hydrogen-bond donors (Lipinski definition) is 1. The Bertz CT molecular complexity index is 608. The largest absolute Gasteiger partial charge is 0.340 e. The number of nitrogens with one attached hydrogen (secondary N) is 1. The molecule has 16 heavy (non-hydrogen) atoms. The molecule has 80 valence electrons. The number of H-pyrrole nitrogens is 1. The fourth-order valence-corrected chi connectivity index (χ4v) is 1.77. The molecule has 0 atom stereocenters. The molecule has 0 radical (unpaired) electrons. The molecule has 0 aliphatic carbocycles. The van der Waals surface area contributed by atoms with Gasteiger partial charge in [0.05, 0.1) is 11.0 Å². The number of nitrogens with zero attached hydrogens (tertiary/aromatic N) is 4. The summed E-state index contributed by atoms with van der Waals surface area (Å²) in [7, 11) is 0. The van der Waals surface area contributed by atoms with Crippen molar-refractivity contribution >= 4 is 11.0 Å². The van der Waals surface area contributed by atoms with E-state index in [0.29, 0.717) is 6.54 Å². The van der Waals surface area contributed by atoms with Crippen molar-refractivity contribution in [3.05, 3.63) is 42.2 Å². The van der Waals surface area contributed by atoms with Crippen LogP contribution in [-0.4, -0.2) is 24.7 Å². The lowest BCUT2D eigenvalue weighted by Crippen LogP contribution is -2.01. The van der Waals surface area contributed by atoms with Crippen molar-refractivity contribution in [3.63, 3.8) is 0 Å². The Kier molecular flexibility index (Phi) is 1.96. The molecule has 3 aromatic rings. The van der Waals surface area contributed by atoms with Crippen LogP contribution >= 0.6 is 0 Å². The summed E-state index contributed by atoms with van der Waals surface area (Å²) in [6, 6.07) is 6.11. The fraction of sp³-hybridized carbons (Fsp3) is 0.182. The normalized spacial score (nSPS) is 11.1. The summed E-state index contributed by atoms with van der Waals surface area (Å²) in [6.07, 6.45) is 3.20. The molecule has 0 aliphatic rings. The molecule has 0 unspecified atom stereocenters. The number of fused-ring (bicyclic) bond motifs is 1. The van der Waals surface area contributed by atoms with Gasteiger partial charge >= 0.3 is 0 Å². The van der Waals surface area contributed by atoms with Gasteiger partial charge in [0.1, 0.15) is 25.0 Å². The quantitative estimate of drug-likeness (QED) is 0.702. The number of imidazole rings is 1. The molecule has 0 fully saturated rings. The first-order valence-corrected chi connectivity index (χ1v) is 5.09. The average Bonchev–Trinajstić information content (AvgIpc) is 2.88. The number of benzene rings is 1. The van der Waals surface area contributed by atoms with Crippen LogP contribution in [0.5, 0.6) is 0 Å². The summed E-state index contributed by atoms with van der Waals surface area (Å²) in [5.74, 6) is 0.898. The highest BCUT2D eigenvalue weighted by Crippen LogP contribution is 2.15. The zero-order valence-corrected chi connectivity index (χ0v) is 8.88. The highest BCUT2D eigenvalue weighted by atomic mass is 15.3. The first kappa shape index (κ1) is 9.08. The SMILES string of the molecule is Cc1cccc2[nH]c(Cn3cncn3)nc12. The molecule has 0 amide bonds. The Morgan fingerprint density at radius 2 is 2.31 bits per heavy atom. The van der Waals surface area contributed by atoms with E-state index in [1.807, 2.05) is 12.1 Å². The van der Waals surface area contributed by atoms with Crippen LogP contribution in [-0.2, 0) is 6.54 Å². The number of hydrogen-bond acceptors (Lipinski definition) is 3. The first-order chi connectivity index (χ1) is 7.83. The lowest BCUT2D eigenvalue weighted by molar-refractivity contribution is 0.661. The molecule has 5 nitrogen and oxygen atoms in total. The topological polar surface area (TPSA) is 59.4 Å². The van der Waals surface area contributed by atoms with Gasteiger partial charge in [0, 0.05) is 0 Å². The summed E-state index contributed by atoms with van der Waals surface area (Å²) in [5, 5.41) is 4.05. The molecular weight excluding hydrogens is 202 g/mol. The van der Waals surface area contributed by atoms with Gasteiger partial charge in [-0.25, -0.2) is 14.6 Å². The van der Waals surface area contributed by atoms with Crippen molar-refractivity contribution in [2.24, 2.45) is 0 Å². The van der Waals surface area contributed by atoms with Crippen LogP contribution in [0.15, 0.2) is 30.9 Å². The van der Waals surface area contributed by atoms with Gasteiger partial charge in [-0.3, -0.25) is 0 Å². The Labute approximate surface area is 92.2 Å². The number of aromatic amines is 1. The molecule has 0 aliphatic heterocycles. The van der Waals surface area contributed by atoms with Crippen LogP contribution in [0, 0.1) is 6.92 Å². The molecule has 0 saturated carbocycles. The standard InChI is InChI=1S/C11H11N5/c1-8-3-2-4-9-11(8)15-10(14-9)5-16-7-12-6-13-16/h2-4,6-7H,5H2,1H3,(H,14,15). The summed E-state index contributed by atoms with van der Waals surface area (Å²) >= 11 is 0. The molecule has 0 bridgehead atoms. The van der Waals surface area contributed by atoms with E-state index >= 15 is 0 Å². The lowest BCUT2D eigenvalue weighted by Gasteiger charge is -1.94. The van der Waals surface area contributed by atoms with E-state index in [1.165, 1.54) is 11.9 Å². The van der Waals surface area contributed by atoms with E-state index in [1.54, 1.807) is 11.0 Å². The van der Waals surface area contributed by atoms with Crippen molar-refractivity contribution < 1.29 is 0 Å². The smallest absolute Gasteiger partial charge is 0.137 e. The summed E-state index contributed by atoms with van der Waals surface area (Å²) < 4.78 is 1.74. The minimum absolute atomic E-state index is 0.619. The van der Waals surface area contributed by atoms with Gasteiger partial charge in [-0.15, -0.1) is 0 Å². The Hall–Kier alpha value is -2.17. The van der Waals surface area contributed by atoms with Gasteiger partial charge in [-0.1, -0.05) is 12.1 Å². The third-order valence-electron chi connectivity index (χ3n) is 2.54. The zero-order valence-electron chi connectivity index (χ0n) is 8.88. The molecular formula is C11H11N5. The minimum Gasteiger partial charge on any atom is -0.340 e. The first-order valence-electron chi connectivity index (χ1n) is 5.09. The Balaban J connectivity index is 2.02. The number of rotatable bonds is 2. The van der Waals surface area contributed by atoms with Crippen LogP contribution in [0.2, 0.25) is 0 Å². The van der Waals surface area contributed by atoms with Crippen LogP contribution < -0.4 is 0 Å². The molecule has 0 spiro atoms. The molecule has 1 N–H and O–H groups in total. The number of aromatic nitrogens is 5. The van der Waals surface area contributed by atoms with E-state index < -0.39 is 0 Å². The number of para-hydroxylation sites is 1. The molecule has 0 saturated heterocycles. The second-order valence-electron chi connectivity index (χ2n) is 3.75. The fourth-order valence-electron chi connectivity index (χ4n) is 1.77. The van der Waals surface area contributed by atoms with E-state index in [-0.39, 0.29) is 0 Å². The van der Waals surface area contributed by atoms with Crippen molar-refractivity contribution in [1.29, 1.82) is 0 Å². The van der Waals surface area contributed by atoms with Gasteiger partial charge in [-0.2, -0.15) is 5.10 Å². The third-order valence-corrected chi connectivity index (χ3v) is 2.54. The van der Waals surface area contributed by atoms with Crippen molar-refractivity contribution in [2.75, 3.05) is 0 Å². The van der Waals surface area contributed by atoms with Gasteiger partial charge < -0.3 is 4.98 Å². The van der Waals surface area contributed by atoms with E-state index in [0.717, 1.165) is 16.9 Å². The van der Waals surface area contributed by atoms with Gasteiger partial charge in [0.15, 0.2) is 0 Å². The van der Waals surface area contributed by atoms with E-state index in [4.69, 9.17) is 0 Å². The van der Waals surface area contributed by atoms with Crippen LogP contribution in [0.25, 0.3) is 11.0 Å². The van der Waals surface area contributed by atoms with Crippen LogP contribution in [0.1, 0.15) is 11.4 Å². The van der Waals surface area contributed by atoms with Gasteiger partial charge in [0.2, 0.25) is 0 Å². The maximum Gasteiger partial charge on any atom is 0.137 e. The summed E-state index contributed by atoms with van der Waals surface area (Å²) in [6.45, 7) is 2.68. The third kappa shape index (κ3) is 1.46. The van der Waals surface area contributed by atoms with Crippen molar-refractivity contribution in [2.45, 2.75) is 13.5 Å². The Morgan fingerprint density at radius 1 is 1.38 bits per heavy atom. The highest BCUT2D eigenvalue weighted by molar-refractivity contribution is 5.78. The second-order valence-corrected chi connectivity index (χ2v) is 3.75. The van der Waals surface area contributed by atoms with Gasteiger partial charge in [-0.05, 0) is 18.6 Å². The van der Waals surface area contributed by atoms with Crippen LogP contribution in [0.4, 0.5) is 0 Å². The average molecular weight is 213 g/mol. The van der Waals surface area contributed by atoms with E-state index in [9.17, 15) is 0 Å². The predicted molar refractivity (Wildman–Crippen MR) is 60.0 cm³/mol. The number of aryl methyl sites for hydroxylation is 1. The minimum atomic E-state index is 0.619. The van der Waals surface area contributed by atoms with Crippen molar-refractivity contribution in [1.82, 2.24) is 24.7 Å². The molecule has 3 rings (SSSR count). The van der Waals surface area contributed by atoms with Crippen molar-refractivity contribution in [3.8, 4) is 0 Å². The molecule has 5 heteroatoms. The highest BCUT2D eigenvalue weighted by Gasteiger charge is 2.05. The zero-order chi connectivity index (χ0) is 11.0. The molecule has 2 aromatic heterocycles. The maximum atomic E-state index is 4.54. The maximum absolute atomic E-state index is 4.54. The summed E-state index contributed by atoms with van der Waals surface area (Å²) in [5.41, 5.74) is 3.27. The Morgan fingerprint density at radius 3 is 3.06 bits per heavy atom. The second kappa shape index (κ2) is 3.44. The monoisotopic (exact) mass is 213 g/mol. The predicted octanol–water partition coefficient (Wildman–Crippen LogP) is 1.51.